The lowest BCUT2D eigenvalue weighted by molar-refractivity contribution is -0.137. The molecule has 0 aliphatic carbocycles. The highest BCUT2D eigenvalue weighted by Gasteiger charge is 2.29. The second-order valence-corrected chi connectivity index (χ2v) is 5.42. The van der Waals surface area contributed by atoms with Crippen molar-refractivity contribution in [1.29, 1.82) is 0 Å². The predicted molar refractivity (Wildman–Crippen MR) is 91.4 cm³/mol. The first-order valence-electron chi connectivity index (χ1n) is 7.88. The second-order valence-electron chi connectivity index (χ2n) is 5.42. The molecule has 2 aromatic rings. The molecule has 3 N–H and O–H groups in total. The summed E-state index contributed by atoms with van der Waals surface area (Å²) in [4.78, 5) is 23.5. The number of alkyl halides is 3. The Bertz CT molecular complexity index is 775. The maximum atomic E-state index is 12.5. The third kappa shape index (κ3) is 6.30. The van der Waals surface area contributed by atoms with Gasteiger partial charge in [0.1, 0.15) is 5.75 Å². The number of hydrogen-bond acceptors (Lipinski definition) is 4. The number of carbonyl (C=O) groups excluding carboxylic acids is 2. The minimum atomic E-state index is -4.44. The summed E-state index contributed by atoms with van der Waals surface area (Å²) in [6.07, 6.45) is -4.44. The lowest BCUT2D eigenvalue weighted by Gasteiger charge is -2.10. The van der Waals surface area contributed by atoms with E-state index < -0.39 is 17.6 Å². The van der Waals surface area contributed by atoms with Crippen LogP contribution in [0.3, 0.4) is 0 Å². The van der Waals surface area contributed by atoms with Crippen molar-refractivity contribution in [2.75, 3.05) is 25.1 Å². The molecule has 0 radical (unpaired) electrons. The van der Waals surface area contributed by atoms with E-state index in [4.69, 9.17) is 9.84 Å². The minimum Gasteiger partial charge on any atom is -0.484 e. The lowest BCUT2D eigenvalue weighted by atomic mass is 10.2. The molecule has 2 aromatic carbocycles. The highest BCUT2D eigenvalue weighted by molar-refractivity contribution is 5.94. The van der Waals surface area contributed by atoms with Crippen LogP contribution in [-0.2, 0) is 11.0 Å². The van der Waals surface area contributed by atoms with E-state index in [-0.39, 0.29) is 31.4 Å². The number of nitrogens with one attached hydrogen (secondary N) is 2. The van der Waals surface area contributed by atoms with Crippen LogP contribution in [0.1, 0.15) is 15.9 Å². The van der Waals surface area contributed by atoms with E-state index in [1.54, 1.807) is 0 Å². The van der Waals surface area contributed by atoms with Crippen LogP contribution >= 0.6 is 0 Å². The molecule has 0 saturated carbocycles. The van der Waals surface area contributed by atoms with Crippen molar-refractivity contribution >= 4 is 17.5 Å². The number of carbonyl (C=O) groups is 2. The first-order chi connectivity index (χ1) is 12.8. The average molecular weight is 382 g/mol. The zero-order chi connectivity index (χ0) is 19.9. The van der Waals surface area contributed by atoms with Crippen molar-refractivity contribution < 1.29 is 32.6 Å². The maximum Gasteiger partial charge on any atom is 0.416 e. The average Bonchev–Trinajstić information content (AvgIpc) is 2.64. The smallest absolute Gasteiger partial charge is 0.416 e. The second kappa shape index (κ2) is 9.04. The van der Waals surface area contributed by atoms with Gasteiger partial charge < -0.3 is 20.5 Å². The van der Waals surface area contributed by atoms with Gasteiger partial charge in [-0.2, -0.15) is 13.2 Å². The number of aliphatic hydroxyl groups excluding tert-OH is 1. The quantitative estimate of drug-likeness (QED) is 0.687. The SMILES string of the molecule is O=C(COc1ccc(C(=O)NCCO)cc1)Nc1ccc(C(F)(F)F)cc1. The summed E-state index contributed by atoms with van der Waals surface area (Å²) < 4.78 is 42.7. The van der Waals surface area contributed by atoms with Crippen molar-refractivity contribution in [1.82, 2.24) is 5.32 Å². The van der Waals surface area contributed by atoms with Crippen molar-refractivity contribution in [3.63, 3.8) is 0 Å². The fourth-order valence-electron chi connectivity index (χ4n) is 2.06. The van der Waals surface area contributed by atoms with Gasteiger partial charge in [0, 0.05) is 17.8 Å². The molecule has 0 atom stereocenters. The Kier molecular flexibility index (Phi) is 6.78. The zero-order valence-electron chi connectivity index (χ0n) is 14.0. The minimum absolute atomic E-state index is 0.140. The molecule has 27 heavy (non-hydrogen) atoms. The predicted octanol–water partition coefficient (Wildman–Crippen LogP) is 2.45. The molecular weight excluding hydrogens is 365 g/mol. The van der Waals surface area contributed by atoms with E-state index in [1.807, 2.05) is 0 Å². The standard InChI is InChI=1S/C18H17F3N2O4/c19-18(20,21)13-3-5-14(6-4-13)23-16(25)11-27-15-7-1-12(2-8-15)17(26)22-9-10-24/h1-8,24H,9-11H2,(H,22,26)(H,23,25). The third-order valence-corrected chi connectivity index (χ3v) is 3.38. The van der Waals surface area contributed by atoms with Gasteiger partial charge in [0.15, 0.2) is 6.61 Å². The largest absolute Gasteiger partial charge is 0.484 e. The Hall–Kier alpha value is -3.07. The van der Waals surface area contributed by atoms with Crippen LogP contribution in [0, 0.1) is 0 Å². The van der Waals surface area contributed by atoms with Gasteiger partial charge >= 0.3 is 6.18 Å². The monoisotopic (exact) mass is 382 g/mol. The summed E-state index contributed by atoms with van der Waals surface area (Å²) in [5.74, 6) is -0.550. The van der Waals surface area contributed by atoms with Crippen LogP contribution in [0.4, 0.5) is 18.9 Å². The summed E-state index contributed by atoms with van der Waals surface area (Å²) in [6, 6.07) is 10.0. The van der Waals surface area contributed by atoms with Crippen LogP contribution in [0.2, 0.25) is 0 Å². The fourth-order valence-corrected chi connectivity index (χ4v) is 2.06. The number of amides is 2. The molecule has 0 unspecified atom stereocenters. The zero-order valence-corrected chi connectivity index (χ0v) is 14.0. The summed E-state index contributed by atoms with van der Waals surface area (Å²) >= 11 is 0. The van der Waals surface area contributed by atoms with Crippen LogP contribution < -0.4 is 15.4 Å². The molecule has 0 aliphatic rings. The molecule has 0 bridgehead atoms. The molecule has 0 spiro atoms. The molecule has 0 heterocycles. The molecular formula is C18H17F3N2O4. The Balaban J connectivity index is 1.84. The molecule has 2 amide bonds. The maximum absolute atomic E-state index is 12.5. The Morgan fingerprint density at radius 3 is 2.19 bits per heavy atom. The molecule has 0 aromatic heterocycles. The van der Waals surface area contributed by atoms with Gasteiger partial charge in [0.05, 0.1) is 12.2 Å². The van der Waals surface area contributed by atoms with E-state index in [0.717, 1.165) is 24.3 Å². The van der Waals surface area contributed by atoms with Crippen LogP contribution in [0.15, 0.2) is 48.5 Å². The first kappa shape index (κ1) is 20.2. The topological polar surface area (TPSA) is 87.7 Å². The first-order valence-corrected chi connectivity index (χ1v) is 7.88. The van der Waals surface area contributed by atoms with Gasteiger partial charge in [-0.05, 0) is 48.5 Å². The summed E-state index contributed by atoms with van der Waals surface area (Å²) in [5, 5.41) is 13.6. The normalized spacial score (nSPS) is 11.0. The third-order valence-electron chi connectivity index (χ3n) is 3.38. The summed E-state index contributed by atoms with van der Waals surface area (Å²) in [5.41, 5.74) is -0.225. The van der Waals surface area contributed by atoms with Gasteiger partial charge in [-0.1, -0.05) is 0 Å². The van der Waals surface area contributed by atoms with Gasteiger partial charge in [-0.25, -0.2) is 0 Å². The summed E-state index contributed by atoms with van der Waals surface area (Å²) in [7, 11) is 0. The van der Waals surface area contributed by atoms with Gasteiger partial charge in [-0.3, -0.25) is 9.59 Å². The highest BCUT2D eigenvalue weighted by atomic mass is 19.4. The van der Waals surface area contributed by atoms with Crippen molar-refractivity contribution in [2.24, 2.45) is 0 Å². The van der Waals surface area contributed by atoms with Gasteiger partial charge in [-0.15, -0.1) is 0 Å². The number of benzene rings is 2. The van der Waals surface area contributed by atoms with Gasteiger partial charge in [0.25, 0.3) is 11.8 Å². The number of halogens is 3. The highest BCUT2D eigenvalue weighted by Crippen LogP contribution is 2.29. The number of rotatable bonds is 7. The van der Waals surface area contributed by atoms with E-state index in [0.29, 0.717) is 11.3 Å². The van der Waals surface area contributed by atoms with E-state index in [1.165, 1.54) is 24.3 Å². The Morgan fingerprint density at radius 1 is 1.00 bits per heavy atom. The molecule has 0 saturated heterocycles. The molecule has 0 fully saturated rings. The van der Waals surface area contributed by atoms with Gasteiger partial charge in [0.2, 0.25) is 0 Å². The Morgan fingerprint density at radius 2 is 1.63 bits per heavy atom. The van der Waals surface area contributed by atoms with Crippen molar-refractivity contribution in [2.45, 2.75) is 6.18 Å². The van der Waals surface area contributed by atoms with Crippen LogP contribution in [0.5, 0.6) is 5.75 Å². The Labute approximate surface area is 153 Å². The molecule has 9 heteroatoms. The number of hydrogen-bond donors (Lipinski definition) is 3. The molecule has 144 valence electrons. The number of aliphatic hydroxyl groups is 1. The summed E-state index contributed by atoms with van der Waals surface area (Å²) in [6.45, 7) is -0.376. The number of ether oxygens (including phenoxy) is 1. The van der Waals surface area contributed by atoms with Crippen molar-refractivity contribution in [3.05, 3.63) is 59.7 Å². The number of anilines is 1. The molecule has 6 nitrogen and oxygen atoms in total. The van der Waals surface area contributed by atoms with E-state index in [9.17, 15) is 22.8 Å². The van der Waals surface area contributed by atoms with Crippen LogP contribution in [-0.4, -0.2) is 36.7 Å². The van der Waals surface area contributed by atoms with E-state index in [2.05, 4.69) is 10.6 Å². The van der Waals surface area contributed by atoms with Crippen molar-refractivity contribution in [3.8, 4) is 5.75 Å². The fraction of sp³-hybridized carbons (Fsp3) is 0.222. The molecule has 0 aliphatic heterocycles. The molecule has 2 rings (SSSR count). The van der Waals surface area contributed by atoms with Crippen LogP contribution in [0.25, 0.3) is 0 Å². The lowest BCUT2D eigenvalue weighted by Crippen LogP contribution is -2.26. The van der Waals surface area contributed by atoms with E-state index >= 15 is 0 Å².